The van der Waals surface area contributed by atoms with Gasteiger partial charge in [0, 0.05) is 39.2 Å². The number of piperidine rings is 1. The Morgan fingerprint density at radius 2 is 2.00 bits per heavy atom. The van der Waals surface area contributed by atoms with E-state index in [0.29, 0.717) is 18.4 Å². The van der Waals surface area contributed by atoms with Crippen molar-refractivity contribution in [3.8, 4) is 0 Å². The maximum absolute atomic E-state index is 12.6. The van der Waals surface area contributed by atoms with Crippen LogP contribution in [0.1, 0.15) is 39.0 Å². The largest absolute Gasteiger partial charge is 0.383 e. The third-order valence-corrected chi connectivity index (χ3v) is 5.81. The summed E-state index contributed by atoms with van der Waals surface area (Å²) in [5, 5.41) is 0. The van der Waals surface area contributed by atoms with Gasteiger partial charge in [0.25, 0.3) is 0 Å². The van der Waals surface area contributed by atoms with Crippen LogP contribution in [-0.2, 0) is 9.53 Å². The minimum Gasteiger partial charge on any atom is -0.383 e. The molecule has 0 aromatic carbocycles. The van der Waals surface area contributed by atoms with Gasteiger partial charge in [0.05, 0.1) is 6.61 Å². The number of hydrogen-bond donors (Lipinski definition) is 0. The molecule has 1 unspecified atom stereocenters. The average Bonchev–Trinajstić information content (AvgIpc) is 3.08. The topological polar surface area (TPSA) is 36.0 Å². The van der Waals surface area contributed by atoms with Gasteiger partial charge in [-0.2, -0.15) is 0 Å². The van der Waals surface area contributed by atoms with E-state index in [1.165, 1.54) is 32.2 Å². The zero-order valence-corrected chi connectivity index (χ0v) is 16.3. The Labute approximate surface area is 154 Å². The van der Waals surface area contributed by atoms with E-state index in [1.54, 1.807) is 13.2 Å². The van der Waals surface area contributed by atoms with Crippen LogP contribution in [0.5, 0.6) is 0 Å². The summed E-state index contributed by atoms with van der Waals surface area (Å²) >= 11 is 0. The molecule has 0 aromatic heterocycles. The van der Waals surface area contributed by atoms with Crippen LogP contribution in [0.25, 0.3) is 0 Å². The predicted octanol–water partition coefficient (Wildman–Crippen LogP) is 2.23. The van der Waals surface area contributed by atoms with Crippen molar-refractivity contribution in [3.63, 3.8) is 0 Å². The Morgan fingerprint density at radius 1 is 1.24 bits per heavy atom. The summed E-state index contributed by atoms with van der Waals surface area (Å²) in [5.74, 6) is 0.879. The zero-order valence-electron chi connectivity index (χ0n) is 16.3. The molecule has 0 aliphatic carbocycles. The maximum atomic E-state index is 12.6. The van der Waals surface area contributed by atoms with Gasteiger partial charge in [0.1, 0.15) is 0 Å². The molecule has 2 aliphatic rings. The number of carbonyl (C=O) groups is 1. The fourth-order valence-corrected chi connectivity index (χ4v) is 4.23. The molecule has 0 bridgehead atoms. The number of nitrogens with zero attached hydrogens (tertiary/aromatic N) is 3. The Bertz CT molecular complexity index is 408. The maximum Gasteiger partial charge on any atom is 0.226 e. The van der Waals surface area contributed by atoms with Crippen LogP contribution in [-0.4, -0.2) is 86.2 Å². The zero-order chi connectivity index (χ0) is 18.1. The molecule has 2 saturated heterocycles. The van der Waals surface area contributed by atoms with Gasteiger partial charge in [-0.25, -0.2) is 0 Å². The molecule has 0 radical (unpaired) electrons. The van der Waals surface area contributed by atoms with Gasteiger partial charge in [0.15, 0.2) is 0 Å². The van der Waals surface area contributed by atoms with Crippen molar-refractivity contribution in [1.82, 2.24) is 14.7 Å². The van der Waals surface area contributed by atoms with E-state index in [0.717, 1.165) is 45.9 Å². The number of likely N-dealkylation sites (N-methyl/N-ethyl adjacent to an activating group) is 1. The van der Waals surface area contributed by atoms with Crippen molar-refractivity contribution in [3.05, 3.63) is 12.7 Å². The minimum atomic E-state index is 0.250. The van der Waals surface area contributed by atoms with Crippen LogP contribution in [0.2, 0.25) is 0 Å². The Morgan fingerprint density at radius 3 is 2.64 bits per heavy atom. The summed E-state index contributed by atoms with van der Waals surface area (Å²) in [7, 11) is 1.76. The van der Waals surface area contributed by atoms with Crippen LogP contribution in [0.15, 0.2) is 12.7 Å². The van der Waals surface area contributed by atoms with Crippen LogP contribution in [0, 0.1) is 5.92 Å². The van der Waals surface area contributed by atoms with Crippen molar-refractivity contribution in [2.75, 3.05) is 59.5 Å². The quantitative estimate of drug-likeness (QED) is 0.566. The molecule has 0 N–H and O–H groups in total. The lowest BCUT2D eigenvalue weighted by Gasteiger charge is -2.36. The number of rotatable bonds is 10. The second-order valence-corrected chi connectivity index (χ2v) is 7.49. The van der Waals surface area contributed by atoms with E-state index in [4.69, 9.17) is 4.74 Å². The highest BCUT2D eigenvalue weighted by Gasteiger charge is 2.29. The normalized spacial score (nSPS) is 23.0. The number of carbonyl (C=O) groups excluding carboxylic acids is 1. The summed E-state index contributed by atoms with van der Waals surface area (Å²) in [5.41, 5.74) is 0. The first kappa shape index (κ1) is 20.4. The van der Waals surface area contributed by atoms with Crippen LogP contribution in [0.3, 0.4) is 0 Å². The molecule has 2 heterocycles. The molecule has 2 aliphatic heterocycles. The Balaban J connectivity index is 1.86. The molecular formula is C20H37N3O2. The number of amides is 1. The third-order valence-electron chi connectivity index (χ3n) is 5.81. The first-order valence-electron chi connectivity index (χ1n) is 10.0. The van der Waals surface area contributed by atoms with E-state index in [9.17, 15) is 4.79 Å². The summed E-state index contributed by atoms with van der Waals surface area (Å²) < 4.78 is 5.18. The molecule has 1 amide bonds. The average molecular weight is 352 g/mol. The van der Waals surface area contributed by atoms with Crippen LogP contribution in [0.4, 0.5) is 0 Å². The molecule has 2 fully saturated rings. The summed E-state index contributed by atoms with van der Waals surface area (Å²) in [4.78, 5) is 19.8. The van der Waals surface area contributed by atoms with Crippen molar-refractivity contribution in [2.45, 2.75) is 45.1 Å². The molecule has 0 aromatic rings. The van der Waals surface area contributed by atoms with Gasteiger partial charge in [-0.15, -0.1) is 6.58 Å². The lowest BCUT2D eigenvalue weighted by Crippen LogP contribution is -2.46. The van der Waals surface area contributed by atoms with Crippen LogP contribution < -0.4 is 0 Å². The molecule has 0 spiro atoms. The molecule has 25 heavy (non-hydrogen) atoms. The van der Waals surface area contributed by atoms with Gasteiger partial charge in [0.2, 0.25) is 5.91 Å². The standard InChI is InChI=1S/C20H37N3O2/c1-4-7-20(24)23(17-19-8-6-11-22(19)5-2)16-18-9-12-21(13-10-18)14-15-25-3/h4,18-19H,1,5-17H2,2-3H3. The highest BCUT2D eigenvalue weighted by Crippen LogP contribution is 2.22. The SMILES string of the molecule is C=CCC(=O)N(CC1CCN(CCOC)CC1)CC1CCCN1CC. The lowest BCUT2D eigenvalue weighted by molar-refractivity contribution is -0.132. The van der Waals surface area contributed by atoms with Crippen molar-refractivity contribution < 1.29 is 9.53 Å². The van der Waals surface area contributed by atoms with E-state index in [1.807, 2.05) is 0 Å². The van der Waals surface area contributed by atoms with Gasteiger partial charge in [-0.1, -0.05) is 13.0 Å². The van der Waals surface area contributed by atoms with Gasteiger partial charge in [-0.3, -0.25) is 9.69 Å². The summed E-state index contributed by atoms with van der Waals surface area (Å²) in [6.45, 7) is 14.1. The fraction of sp³-hybridized carbons (Fsp3) is 0.850. The van der Waals surface area contributed by atoms with Crippen molar-refractivity contribution >= 4 is 5.91 Å². The molecule has 5 heteroatoms. The Hall–Kier alpha value is -0.910. The highest BCUT2D eigenvalue weighted by molar-refractivity contribution is 5.77. The number of methoxy groups -OCH3 is 1. The summed E-state index contributed by atoms with van der Waals surface area (Å²) in [6, 6.07) is 0.542. The molecular weight excluding hydrogens is 314 g/mol. The fourth-order valence-electron chi connectivity index (χ4n) is 4.23. The van der Waals surface area contributed by atoms with E-state index < -0.39 is 0 Å². The minimum absolute atomic E-state index is 0.250. The van der Waals surface area contributed by atoms with E-state index in [-0.39, 0.29) is 5.91 Å². The first-order chi connectivity index (χ1) is 12.2. The predicted molar refractivity (Wildman–Crippen MR) is 103 cm³/mol. The van der Waals surface area contributed by atoms with Gasteiger partial charge >= 0.3 is 0 Å². The van der Waals surface area contributed by atoms with Gasteiger partial charge in [-0.05, 0) is 57.8 Å². The van der Waals surface area contributed by atoms with E-state index in [2.05, 4.69) is 28.2 Å². The molecule has 2 rings (SSSR count). The number of hydrogen-bond acceptors (Lipinski definition) is 4. The molecule has 144 valence electrons. The smallest absolute Gasteiger partial charge is 0.226 e. The first-order valence-corrected chi connectivity index (χ1v) is 10.0. The lowest BCUT2D eigenvalue weighted by atomic mass is 9.95. The van der Waals surface area contributed by atoms with Crippen molar-refractivity contribution in [2.24, 2.45) is 5.92 Å². The monoisotopic (exact) mass is 351 g/mol. The molecule has 0 saturated carbocycles. The second kappa shape index (κ2) is 10.9. The second-order valence-electron chi connectivity index (χ2n) is 7.49. The van der Waals surface area contributed by atoms with E-state index >= 15 is 0 Å². The Kier molecular flexibility index (Phi) is 8.93. The third kappa shape index (κ3) is 6.39. The molecule has 1 atom stereocenters. The highest BCUT2D eigenvalue weighted by atomic mass is 16.5. The summed E-state index contributed by atoms with van der Waals surface area (Å²) in [6.07, 6.45) is 7.06. The van der Waals surface area contributed by atoms with Gasteiger partial charge < -0.3 is 14.5 Å². The number of likely N-dealkylation sites (tertiary alicyclic amines) is 2. The number of ether oxygens (including phenoxy) is 1. The molecule has 5 nitrogen and oxygen atoms in total. The van der Waals surface area contributed by atoms with Crippen LogP contribution >= 0.6 is 0 Å². The van der Waals surface area contributed by atoms with Crippen molar-refractivity contribution in [1.29, 1.82) is 0 Å².